The monoisotopic (exact) mass is 403 g/mol. The number of amides is 2. The summed E-state index contributed by atoms with van der Waals surface area (Å²) in [7, 11) is 0. The number of aliphatic hydroxyl groups excluding tert-OH is 2. The van der Waals surface area contributed by atoms with E-state index in [1.165, 1.54) is 4.90 Å². The third-order valence-corrected chi connectivity index (χ3v) is 5.57. The van der Waals surface area contributed by atoms with Crippen LogP contribution in [0.2, 0.25) is 0 Å². The number of hydrogen-bond acceptors (Lipinski definition) is 4. The van der Waals surface area contributed by atoms with Crippen LogP contribution < -0.4 is 5.73 Å². The van der Waals surface area contributed by atoms with Gasteiger partial charge in [0.05, 0.1) is 12.2 Å². The molecule has 0 aromatic carbocycles. The molecule has 0 radical (unpaired) electrons. The first-order chi connectivity index (χ1) is 12.8. The van der Waals surface area contributed by atoms with E-state index in [4.69, 9.17) is 5.73 Å². The lowest BCUT2D eigenvalue weighted by Gasteiger charge is -2.32. The standard InChI is InChI=1S/C19H31F2N3O4/c1-18(2,3)14(26)9-15(22)23-16(27)13-8-12(25)10-24(13)17(28)11-4-6-19(20,21)7-5-11/h11-14,25-26H,4-10H2,1-3H3,(H2,22,23,27). The lowest BCUT2D eigenvalue weighted by Crippen LogP contribution is -2.45. The molecule has 0 spiro atoms. The molecule has 1 aliphatic carbocycles. The Morgan fingerprint density at radius 3 is 2.39 bits per heavy atom. The Hall–Kier alpha value is -1.61. The maximum absolute atomic E-state index is 13.3. The topological polar surface area (TPSA) is 116 Å². The van der Waals surface area contributed by atoms with Crippen LogP contribution in [0.15, 0.2) is 4.99 Å². The first kappa shape index (κ1) is 22.7. The Labute approximate surface area is 164 Å². The highest BCUT2D eigenvalue weighted by Crippen LogP contribution is 2.37. The molecule has 3 unspecified atom stereocenters. The van der Waals surface area contributed by atoms with Crippen molar-refractivity contribution in [2.75, 3.05) is 6.54 Å². The Bertz CT molecular complexity index is 623. The summed E-state index contributed by atoms with van der Waals surface area (Å²) in [5, 5.41) is 20.0. The maximum Gasteiger partial charge on any atom is 0.270 e. The fourth-order valence-corrected chi connectivity index (χ4v) is 3.58. The van der Waals surface area contributed by atoms with Crippen LogP contribution in [-0.2, 0) is 9.59 Å². The molecule has 9 heteroatoms. The van der Waals surface area contributed by atoms with Gasteiger partial charge >= 0.3 is 0 Å². The Balaban J connectivity index is 2.05. The average Bonchev–Trinajstić information content (AvgIpc) is 2.95. The van der Waals surface area contributed by atoms with E-state index in [2.05, 4.69) is 4.99 Å². The van der Waals surface area contributed by atoms with Crippen molar-refractivity contribution in [3.8, 4) is 0 Å². The number of aliphatic imine (C=N–C) groups is 1. The quantitative estimate of drug-likeness (QED) is 0.485. The predicted octanol–water partition coefficient (Wildman–Crippen LogP) is 1.45. The summed E-state index contributed by atoms with van der Waals surface area (Å²) >= 11 is 0. The van der Waals surface area contributed by atoms with Crippen LogP contribution in [0.3, 0.4) is 0 Å². The van der Waals surface area contributed by atoms with E-state index in [1.807, 2.05) is 20.8 Å². The molecule has 0 aromatic rings. The van der Waals surface area contributed by atoms with E-state index in [9.17, 15) is 28.6 Å². The zero-order valence-electron chi connectivity index (χ0n) is 16.7. The molecule has 28 heavy (non-hydrogen) atoms. The number of amidine groups is 1. The minimum absolute atomic E-state index is 0.0101. The molecule has 2 fully saturated rings. The summed E-state index contributed by atoms with van der Waals surface area (Å²) in [5.41, 5.74) is 5.36. The zero-order valence-corrected chi connectivity index (χ0v) is 16.7. The predicted molar refractivity (Wildman–Crippen MR) is 99.7 cm³/mol. The highest BCUT2D eigenvalue weighted by atomic mass is 19.3. The van der Waals surface area contributed by atoms with Gasteiger partial charge in [-0.1, -0.05) is 20.8 Å². The smallest absolute Gasteiger partial charge is 0.270 e. The summed E-state index contributed by atoms with van der Waals surface area (Å²) in [5.74, 6) is -4.43. The second-order valence-corrected chi connectivity index (χ2v) is 9.05. The van der Waals surface area contributed by atoms with Gasteiger partial charge in [0.25, 0.3) is 5.91 Å². The van der Waals surface area contributed by atoms with Gasteiger partial charge in [0.1, 0.15) is 11.9 Å². The molecule has 1 saturated heterocycles. The lowest BCUT2D eigenvalue weighted by molar-refractivity contribution is -0.144. The number of rotatable bonds is 4. The number of nitrogens with zero attached hydrogens (tertiary/aromatic N) is 2. The molecule has 2 rings (SSSR count). The molecular formula is C19H31F2N3O4. The van der Waals surface area contributed by atoms with Crippen molar-refractivity contribution in [2.24, 2.45) is 22.1 Å². The first-order valence-corrected chi connectivity index (χ1v) is 9.71. The van der Waals surface area contributed by atoms with Crippen molar-refractivity contribution in [3.05, 3.63) is 0 Å². The highest BCUT2D eigenvalue weighted by Gasteiger charge is 2.44. The van der Waals surface area contributed by atoms with Gasteiger partial charge in [-0.05, 0) is 18.3 Å². The second kappa shape index (κ2) is 8.41. The molecule has 160 valence electrons. The summed E-state index contributed by atoms with van der Waals surface area (Å²) in [6, 6.07) is -0.963. The van der Waals surface area contributed by atoms with Crippen molar-refractivity contribution in [1.82, 2.24) is 4.90 Å². The van der Waals surface area contributed by atoms with Crippen LogP contribution in [0.25, 0.3) is 0 Å². The number of carbonyl (C=O) groups is 2. The fraction of sp³-hybridized carbons (Fsp3) is 0.842. The summed E-state index contributed by atoms with van der Waals surface area (Å²) in [6.07, 6.45) is -2.21. The third kappa shape index (κ3) is 5.70. The van der Waals surface area contributed by atoms with Crippen LogP contribution >= 0.6 is 0 Å². The maximum atomic E-state index is 13.3. The van der Waals surface area contributed by atoms with Crippen LogP contribution in [0.1, 0.15) is 59.3 Å². The molecule has 1 aliphatic heterocycles. The van der Waals surface area contributed by atoms with Crippen molar-refractivity contribution >= 4 is 17.6 Å². The Kier molecular flexibility index (Phi) is 6.81. The summed E-state index contributed by atoms with van der Waals surface area (Å²) < 4.78 is 26.7. The van der Waals surface area contributed by atoms with Gasteiger partial charge in [0.15, 0.2) is 0 Å². The number of nitrogens with two attached hydrogens (primary N) is 1. The minimum atomic E-state index is -2.75. The van der Waals surface area contributed by atoms with Gasteiger partial charge in [0.2, 0.25) is 11.8 Å². The van der Waals surface area contributed by atoms with Crippen LogP contribution in [0, 0.1) is 11.3 Å². The van der Waals surface area contributed by atoms with Gasteiger partial charge in [-0.25, -0.2) is 8.78 Å². The van der Waals surface area contributed by atoms with Crippen molar-refractivity contribution in [1.29, 1.82) is 0 Å². The van der Waals surface area contributed by atoms with Crippen molar-refractivity contribution in [3.63, 3.8) is 0 Å². The van der Waals surface area contributed by atoms with Crippen molar-refractivity contribution in [2.45, 2.75) is 83.5 Å². The molecule has 2 aliphatic rings. The number of likely N-dealkylation sites (tertiary alicyclic amines) is 1. The van der Waals surface area contributed by atoms with Crippen LogP contribution in [0.4, 0.5) is 8.78 Å². The van der Waals surface area contributed by atoms with Gasteiger partial charge in [-0.2, -0.15) is 4.99 Å². The number of halogens is 2. The highest BCUT2D eigenvalue weighted by molar-refractivity contribution is 5.98. The van der Waals surface area contributed by atoms with Crippen molar-refractivity contribution < 1.29 is 28.6 Å². The molecule has 1 heterocycles. The summed E-state index contributed by atoms with van der Waals surface area (Å²) in [6.45, 7) is 5.46. The largest absolute Gasteiger partial charge is 0.392 e. The first-order valence-electron chi connectivity index (χ1n) is 9.71. The number of aliphatic hydroxyl groups is 2. The lowest BCUT2D eigenvalue weighted by atomic mass is 9.85. The molecule has 0 bridgehead atoms. The van der Waals surface area contributed by atoms with Gasteiger partial charge in [-0.15, -0.1) is 0 Å². The SMILES string of the molecule is CC(C)(C)C(O)CC(N)=NC(=O)C1CC(O)CN1C(=O)C1CCC(F)(F)CC1. The Morgan fingerprint density at radius 2 is 1.86 bits per heavy atom. The van der Waals surface area contributed by atoms with Crippen LogP contribution in [-0.4, -0.2) is 63.5 Å². The van der Waals surface area contributed by atoms with Crippen LogP contribution in [0.5, 0.6) is 0 Å². The minimum Gasteiger partial charge on any atom is -0.392 e. The number of hydrogen-bond donors (Lipinski definition) is 3. The molecule has 7 nitrogen and oxygen atoms in total. The van der Waals surface area contributed by atoms with Gasteiger partial charge in [-0.3, -0.25) is 9.59 Å². The second-order valence-electron chi connectivity index (χ2n) is 9.05. The van der Waals surface area contributed by atoms with E-state index in [0.29, 0.717) is 0 Å². The summed E-state index contributed by atoms with van der Waals surface area (Å²) in [4.78, 5) is 30.4. The zero-order chi connectivity index (χ0) is 21.3. The number of alkyl halides is 2. The van der Waals surface area contributed by atoms with Gasteiger partial charge < -0.3 is 20.8 Å². The third-order valence-electron chi connectivity index (χ3n) is 5.57. The van der Waals surface area contributed by atoms with E-state index in [-0.39, 0.29) is 50.9 Å². The molecule has 0 aromatic heterocycles. The molecule has 3 atom stereocenters. The molecular weight excluding hydrogens is 372 g/mol. The normalized spacial score (nSPS) is 27.7. The number of carbonyl (C=O) groups excluding carboxylic acids is 2. The fourth-order valence-electron chi connectivity index (χ4n) is 3.58. The van der Waals surface area contributed by atoms with E-state index in [0.717, 1.165) is 0 Å². The van der Waals surface area contributed by atoms with E-state index >= 15 is 0 Å². The molecule has 1 saturated carbocycles. The van der Waals surface area contributed by atoms with E-state index in [1.54, 1.807) is 0 Å². The number of β-amino-alcohol motifs (C(OH)–C–C–N with tert-alkyl or cyclic N) is 1. The molecule has 4 N–H and O–H groups in total. The van der Waals surface area contributed by atoms with E-state index < -0.39 is 47.3 Å². The average molecular weight is 403 g/mol. The van der Waals surface area contributed by atoms with Gasteiger partial charge in [0, 0.05) is 38.1 Å². The Morgan fingerprint density at radius 1 is 1.29 bits per heavy atom. The molecule has 2 amide bonds.